The summed E-state index contributed by atoms with van der Waals surface area (Å²) in [4.78, 5) is 8.29. The van der Waals surface area contributed by atoms with Crippen molar-refractivity contribution >= 4 is 5.82 Å². The van der Waals surface area contributed by atoms with Crippen LogP contribution in [0.3, 0.4) is 0 Å². The summed E-state index contributed by atoms with van der Waals surface area (Å²) >= 11 is 0. The van der Waals surface area contributed by atoms with Crippen LogP contribution in [0.4, 0.5) is 5.82 Å². The van der Waals surface area contributed by atoms with Crippen molar-refractivity contribution in [1.29, 1.82) is 0 Å². The zero-order chi connectivity index (χ0) is 11.8. The number of nitrogens with one attached hydrogen (secondary N) is 1. The van der Waals surface area contributed by atoms with Crippen LogP contribution in [0.15, 0.2) is 12.4 Å². The number of anilines is 1. The van der Waals surface area contributed by atoms with Gasteiger partial charge in [0.2, 0.25) is 0 Å². The maximum Gasteiger partial charge on any atom is 0.144 e. The minimum Gasteiger partial charge on any atom is -0.382 e. The monoisotopic (exact) mass is 226 g/mol. The number of nitrogens with zero attached hydrogens (tertiary/aromatic N) is 2. The smallest absolute Gasteiger partial charge is 0.144 e. The lowest BCUT2D eigenvalue weighted by Crippen LogP contribution is -2.26. The van der Waals surface area contributed by atoms with Crippen LogP contribution >= 0.6 is 0 Å². The summed E-state index contributed by atoms with van der Waals surface area (Å²) < 4.78 is 10.2. The highest BCUT2D eigenvalue weighted by atomic mass is 16.5. The Bertz CT molecular complexity index is 291. The molecule has 3 N–H and O–H groups in total. The average Bonchev–Trinajstić information content (AvgIpc) is 2.35. The molecule has 0 aromatic carbocycles. The van der Waals surface area contributed by atoms with E-state index in [0.717, 1.165) is 5.69 Å². The van der Waals surface area contributed by atoms with Gasteiger partial charge in [0.15, 0.2) is 0 Å². The summed E-state index contributed by atoms with van der Waals surface area (Å²) in [6, 6.07) is 0. The molecule has 0 bridgehead atoms. The summed E-state index contributed by atoms with van der Waals surface area (Å²) in [5.41, 5.74) is 6.19. The number of nitrogens with two attached hydrogens (primary N) is 1. The third-order valence-electron chi connectivity index (χ3n) is 2.11. The molecule has 1 heterocycles. The highest BCUT2D eigenvalue weighted by molar-refractivity contribution is 5.31. The van der Waals surface area contributed by atoms with Crippen LogP contribution in [0.25, 0.3) is 0 Å². The number of rotatable bonds is 7. The Morgan fingerprint density at radius 3 is 2.69 bits per heavy atom. The SMILES string of the molecule is COCC(CNc1cnc(CN)cn1)OC. The normalized spacial score (nSPS) is 12.4. The first kappa shape index (κ1) is 12.8. The van der Waals surface area contributed by atoms with Crippen LogP contribution < -0.4 is 11.1 Å². The highest BCUT2D eigenvalue weighted by Gasteiger charge is 2.06. The van der Waals surface area contributed by atoms with E-state index in [1.54, 1.807) is 26.6 Å². The third-order valence-corrected chi connectivity index (χ3v) is 2.11. The molecule has 0 saturated carbocycles. The predicted molar refractivity (Wildman–Crippen MR) is 61.1 cm³/mol. The van der Waals surface area contributed by atoms with E-state index in [0.29, 0.717) is 25.5 Å². The van der Waals surface area contributed by atoms with Gasteiger partial charge in [0, 0.05) is 27.3 Å². The van der Waals surface area contributed by atoms with E-state index >= 15 is 0 Å². The minimum absolute atomic E-state index is 0.000912. The van der Waals surface area contributed by atoms with E-state index in [1.165, 1.54) is 0 Å². The average molecular weight is 226 g/mol. The topological polar surface area (TPSA) is 82.3 Å². The first-order valence-electron chi connectivity index (χ1n) is 5.06. The largest absolute Gasteiger partial charge is 0.382 e. The van der Waals surface area contributed by atoms with Crippen molar-refractivity contribution in [2.45, 2.75) is 12.6 Å². The van der Waals surface area contributed by atoms with Gasteiger partial charge in [-0.05, 0) is 0 Å². The fourth-order valence-corrected chi connectivity index (χ4v) is 1.17. The highest BCUT2D eigenvalue weighted by Crippen LogP contribution is 2.01. The van der Waals surface area contributed by atoms with Gasteiger partial charge < -0.3 is 20.5 Å². The number of ether oxygens (including phenoxy) is 2. The molecule has 6 heteroatoms. The Kier molecular flexibility index (Phi) is 5.69. The van der Waals surface area contributed by atoms with E-state index in [-0.39, 0.29) is 6.10 Å². The van der Waals surface area contributed by atoms with Crippen molar-refractivity contribution in [1.82, 2.24) is 9.97 Å². The number of methoxy groups -OCH3 is 2. The molecule has 0 aliphatic rings. The van der Waals surface area contributed by atoms with E-state index in [2.05, 4.69) is 15.3 Å². The molecule has 1 rings (SSSR count). The van der Waals surface area contributed by atoms with Gasteiger partial charge in [-0.3, -0.25) is 4.98 Å². The molecule has 1 aromatic heterocycles. The summed E-state index contributed by atoms with van der Waals surface area (Å²) in [5.74, 6) is 0.704. The molecule has 0 fully saturated rings. The molecule has 0 radical (unpaired) electrons. The zero-order valence-corrected chi connectivity index (χ0v) is 9.64. The lowest BCUT2D eigenvalue weighted by molar-refractivity contribution is 0.0365. The van der Waals surface area contributed by atoms with Gasteiger partial charge in [0.25, 0.3) is 0 Å². The standard InChI is InChI=1S/C10H18N4O2/c1-15-7-9(16-2)5-14-10-6-12-8(3-11)4-13-10/h4,6,9H,3,5,7,11H2,1-2H3,(H,13,14). The Morgan fingerprint density at radius 2 is 2.19 bits per heavy atom. The van der Waals surface area contributed by atoms with Gasteiger partial charge >= 0.3 is 0 Å². The quantitative estimate of drug-likeness (QED) is 0.681. The van der Waals surface area contributed by atoms with Gasteiger partial charge in [-0.2, -0.15) is 0 Å². The number of hydrogen-bond acceptors (Lipinski definition) is 6. The second-order valence-electron chi connectivity index (χ2n) is 3.29. The zero-order valence-electron chi connectivity index (χ0n) is 9.64. The van der Waals surface area contributed by atoms with Crippen molar-refractivity contribution < 1.29 is 9.47 Å². The Balaban J connectivity index is 2.40. The van der Waals surface area contributed by atoms with Crippen molar-refractivity contribution in [2.75, 3.05) is 32.7 Å². The van der Waals surface area contributed by atoms with Crippen LogP contribution in [-0.4, -0.2) is 43.4 Å². The molecular formula is C10H18N4O2. The number of hydrogen-bond donors (Lipinski definition) is 2. The summed E-state index contributed by atoms with van der Waals surface area (Å²) in [7, 11) is 3.29. The molecule has 90 valence electrons. The molecule has 0 saturated heterocycles. The summed E-state index contributed by atoms with van der Waals surface area (Å²) in [6.07, 6.45) is 3.31. The second kappa shape index (κ2) is 7.10. The first-order chi connectivity index (χ1) is 7.80. The van der Waals surface area contributed by atoms with Crippen molar-refractivity contribution in [3.8, 4) is 0 Å². The minimum atomic E-state index is 0.000912. The van der Waals surface area contributed by atoms with Gasteiger partial charge in [0.1, 0.15) is 5.82 Å². The second-order valence-corrected chi connectivity index (χ2v) is 3.29. The lowest BCUT2D eigenvalue weighted by Gasteiger charge is -2.15. The molecule has 6 nitrogen and oxygen atoms in total. The lowest BCUT2D eigenvalue weighted by atomic mass is 10.3. The van der Waals surface area contributed by atoms with Gasteiger partial charge in [-0.1, -0.05) is 0 Å². The van der Waals surface area contributed by atoms with Gasteiger partial charge in [0.05, 0.1) is 30.8 Å². The molecule has 0 spiro atoms. The molecule has 0 aliphatic heterocycles. The summed E-state index contributed by atoms with van der Waals surface area (Å²) in [6.45, 7) is 1.57. The van der Waals surface area contributed by atoms with E-state index < -0.39 is 0 Å². The Morgan fingerprint density at radius 1 is 1.38 bits per heavy atom. The van der Waals surface area contributed by atoms with Gasteiger partial charge in [-0.25, -0.2) is 4.98 Å². The van der Waals surface area contributed by atoms with E-state index in [1.807, 2.05) is 0 Å². The number of aromatic nitrogens is 2. The van der Waals surface area contributed by atoms with Crippen LogP contribution in [0, 0.1) is 0 Å². The maximum atomic E-state index is 5.42. The van der Waals surface area contributed by atoms with Crippen molar-refractivity contribution in [3.63, 3.8) is 0 Å². The summed E-state index contributed by atoms with van der Waals surface area (Å²) in [5, 5.41) is 3.11. The van der Waals surface area contributed by atoms with Crippen molar-refractivity contribution in [3.05, 3.63) is 18.1 Å². The Labute approximate surface area is 95.2 Å². The van der Waals surface area contributed by atoms with Crippen molar-refractivity contribution in [2.24, 2.45) is 5.73 Å². The third kappa shape index (κ3) is 4.09. The maximum absolute atomic E-state index is 5.42. The van der Waals surface area contributed by atoms with Gasteiger partial charge in [-0.15, -0.1) is 0 Å². The molecule has 0 aliphatic carbocycles. The van der Waals surface area contributed by atoms with Crippen LogP contribution in [0.5, 0.6) is 0 Å². The molecule has 1 unspecified atom stereocenters. The van der Waals surface area contributed by atoms with Crippen LogP contribution in [0.1, 0.15) is 5.69 Å². The molecular weight excluding hydrogens is 208 g/mol. The predicted octanol–water partition coefficient (Wildman–Crippen LogP) is 0.00860. The molecule has 1 aromatic rings. The molecule has 1 atom stereocenters. The first-order valence-corrected chi connectivity index (χ1v) is 5.06. The van der Waals surface area contributed by atoms with Crippen LogP contribution in [0.2, 0.25) is 0 Å². The van der Waals surface area contributed by atoms with E-state index in [4.69, 9.17) is 15.2 Å². The fourth-order valence-electron chi connectivity index (χ4n) is 1.17. The van der Waals surface area contributed by atoms with E-state index in [9.17, 15) is 0 Å². The molecule has 0 amide bonds. The van der Waals surface area contributed by atoms with Crippen LogP contribution in [-0.2, 0) is 16.0 Å². The molecule has 16 heavy (non-hydrogen) atoms. The fraction of sp³-hybridized carbons (Fsp3) is 0.600. The Hall–Kier alpha value is -1.24.